The largest absolute Gasteiger partial charge is 0.336 e. The van der Waals surface area contributed by atoms with Gasteiger partial charge in [-0.05, 0) is 19.1 Å². The summed E-state index contributed by atoms with van der Waals surface area (Å²) in [5.74, 6) is -2.06. The van der Waals surface area contributed by atoms with Gasteiger partial charge in [-0.1, -0.05) is 11.6 Å². The normalized spacial score (nSPS) is 13.6. The third kappa shape index (κ3) is 4.44. The average Bonchev–Trinajstić information content (AvgIpc) is 3.05. The lowest BCUT2D eigenvalue weighted by Gasteiger charge is -2.40. The number of hydrogen-bond acceptors (Lipinski definition) is 4. The highest BCUT2D eigenvalue weighted by Crippen LogP contribution is 2.29. The molecule has 0 spiro atoms. The molecule has 152 valence electrons. The molecule has 3 heterocycles. The van der Waals surface area contributed by atoms with Crippen LogP contribution in [0.1, 0.15) is 6.92 Å². The third-order valence-corrected chi connectivity index (χ3v) is 4.43. The standard InChI is InChI=1S/C16H16ClF2N5O2.CH3F/c1-2-23(15(25)10-7-22(8-10)16(26)14(18)19)12-9-24(21-13(12)17)11-4-3-5-20-6-11;1-2/h3-6,9-10,14H,2,7-8H2,1H3;1H3. The highest BCUT2D eigenvalue weighted by molar-refractivity contribution is 6.32. The number of carbonyl (C=O) groups excluding carboxylic acids is 2. The average molecular weight is 418 g/mol. The predicted octanol–water partition coefficient (Wildman–Crippen LogP) is 2.58. The van der Waals surface area contributed by atoms with Crippen LogP contribution in [0.4, 0.5) is 18.9 Å². The first kappa shape index (κ1) is 21.7. The predicted molar refractivity (Wildman–Crippen MR) is 97.5 cm³/mol. The maximum Gasteiger partial charge on any atom is 0.315 e. The zero-order valence-corrected chi connectivity index (χ0v) is 16.0. The molecule has 0 bridgehead atoms. The third-order valence-electron chi connectivity index (χ3n) is 4.16. The van der Waals surface area contributed by atoms with E-state index in [0.717, 1.165) is 4.90 Å². The Hall–Kier alpha value is -2.62. The van der Waals surface area contributed by atoms with Crippen molar-refractivity contribution in [2.24, 2.45) is 5.92 Å². The van der Waals surface area contributed by atoms with Crippen molar-refractivity contribution in [2.75, 3.05) is 31.7 Å². The summed E-state index contributed by atoms with van der Waals surface area (Å²) in [5.41, 5.74) is 1.10. The number of alkyl halides is 3. The monoisotopic (exact) mass is 417 g/mol. The molecule has 1 aliphatic heterocycles. The van der Waals surface area contributed by atoms with E-state index in [2.05, 4.69) is 10.1 Å². The van der Waals surface area contributed by atoms with E-state index in [9.17, 15) is 22.8 Å². The van der Waals surface area contributed by atoms with E-state index in [4.69, 9.17) is 11.6 Å². The van der Waals surface area contributed by atoms with Crippen LogP contribution in [-0.4, -0.2) is 64.7 Å². The fraction of sp³-hybridized carbons (Fsp3) is 0.412. The number of likely N-dealkylation sites (tertiary alicyclic amines) is 1. The van der Waals surface area contributed by atoms with Gasteiger partial charge in [0, 0.05) is 25.8 Å². The molecule has 0 unspecified atom stereocenters. The van der Waals surface area contributed by atoms with E-state index < -0.39 is 18.3 Å². The first-order chi connectivity index (χ1) is 13.4. The molecular formula is C17H19ClF3N5O2. The van der Waals surface area contributed by atoms with E-state index in [1.54, 1.807) is 37.6 Å². The molecule has 2 aromatic heterocycles. The highest BCUT2D eigenvalue weighted by atomic mass is 35.5. The van der Waals surface area contributed by atoms with Gasteiger partial charge in [-0.15, -0.1) is 0 Å². The molecular weight excluding hydrogens is 399 g/mol. The van der Waals surface area contributed by atoms with E-state index in [0.29, 0.717) is 25.1 Å². The number of amides is 2. The number of halogens is 4. The SMILES string of the molecule is CCN(C(=O)C1CN(C(=O)C(F)F)C1)c1cn(-c2cccnc2)nc1Cl.CF. The Labute approximate surface area is 164 Å². The van der Waals surface area contributed by atoms with Crippen molar-refractivity contribution >= 4 is 29.1 Å². The molecule has 2 amide bonds. The molecule has 1 aliphatic rings. The fourth-order valence-electron chi connectivity index (χ4n) is 2.76. The lowest BCUT2D eigenvalue weighted by molar-refractivity contribution is -0.151. The van der Waals surface area contributed by atoms with Gasteiger partial charge in [0.25, 0.3) is 5.91 Å². The van der Waals surface area contributed by atoms with Crippen molar-refractivity contribution in [3.63, 3.8) is 0 Å². The first-order valence-corrected chi connectivity index (χ1v) is 8.71. The summed E-state index contributed by atoms with van der Waals surface area (Å²) < 4.78 is 35.8. The van der Waals surface area contributed by atoms with Gasteiger partial charge >= 0.3 is 6.43 Å². The van der Waals surface area contributed by atoms with Crippen molar-refractivity contribution in [1.29, 1.82) is 0 Å². The first-order valence-electron chi connectivity index (χ1n) is 8.34. The van der Waals surface area contributed by atoms with Crippen molar-refractivity contribution in [3.8, 4) is 5.69 Å². The van der Waals surface area contributed by atoms with Crippen LogP contribution in [0.5, 0.6) is 0 Å². The molecule has 3 rings (SSSR count). The zero-order valence-electron chi connectivity index (χ0n) is 15.2. The second-order valence-electron chi connectivity index (χ2n) is 5.78. The summed E-state index contributed by atoms with van der Waals surface area (Å²) >= 11 is 6.19. The van der Waals surface area contributed by atoms with Crippen LogP contribution in [0.15, 0.2) is 30.7 Å². The van der Waals surface area contributed by atoms with Crippen LogP contribution in [0.2, 0.25) is 5.15 Å². The Balaban J connectivity index is 0.00000136. The molecule has 11 heteroatoms. The molecule has 28 heavy (non-hydrogen) atoms. The van der Waals surface area contributed by atoms with Gasteiger partial charge in [0.2, 0.25) is 5.91 Å². The fourth-order valence-corrected chi connectivity index (χ4v) is 3.00. The van der Waals surface area contributed by atoms with Crippen molar-refractivity contribution in [3.05, 3.63) is 35.9 Å². The summed E-state index contributed by atoms with van der Waals surface area (Å²) in [7, 11) is 0.500. The second kappa shape index (κ2) is 9.54. The smallest absolute Gasteiger partial charge is 0.315 e. The van der Waals surface area contributed by atoms with E-state index in [1.165, 1.54) is 9.58 Å². The molecule has 0 aliphatic carbocycles. The van der Waals surface area contributed by atoms with Gasteiger partial charge in [0.15, 0.2) is 5.15 Å². The van der Waals surface area contributed by atoms with Crippen molar-refractivity contribution < 1.29 is 22.8 Å². The van der Waals surface area contributed by atoms with Gasteiger partial charge in [0.1, 0.15) is 5.69 Å². The molecule has 0 N–H and O–H groups in total. The number of pyridine rings is 1. The maximum atomic E-state index is 12.7. The van der Waals surface area contributed by atoms with Crippen molar-refractivity contribution in [1.82, 2.24) is 19.7 Å². The summed E-state index contributed by atoms with van der Waals surface area (Å²) in [5, 5.41) is 4.33. The number of nitrogens with zero attached hydrogens (tertiary/aromatic N) is 5. The van der Waals surface area contributed by atoms with Gasteiger partial charge in [0.05, 0.1) is 31.2 Å². The zero-order chi connectivity index (χ0) is 20.8. The minimum atomic E-state index is -3.06. The number of aromatic nitrogens is 3. The van der Waals surface area contributed by atoms with Crippen LogP contribution < -0.4 is 4.90 Å². The molecule has 0 aromatic carbocycles. The Kier molecular flexibility index (Phi) is 7.38. The Morgan fingerprint density at radius 3 is 2.57 bits per heavy atom. The number of carbonyl (C=O) groups is 2. The van der Waals surface area contributed by atoms with Crippen LogP contribution >= 0.6 is 11.6 Å². The lowest BCUT2D eigenvalue weighted by atomic mass is 9.98. The van der Waals surface area contributed by atoms with Crippen LogP contribution in [-0.2, 0) is 9.59 Å². The van der Waals surface area contributed by atoms with E-state index in [1.807, 2.05) is 0 Å². The van der Waals surface area contributed by atoms with Gasteiger partial charge in [-0.3, -0.25) is 19.0 Å². The summed E-state index contributed by atoms with van der Waals surface area (Å²) in [6.07, 6.45) is 1.79. The molecule has 0 radical (unpaired) electrons. The summed E-state index contributed by atoms with van der Waals surface area (Å²) in [4.78, 5) is 30.3. The number of hydrogen-bond donors (Lipinski definition) is 0. The Morgan fingerprint density at radius 1 is 1.36 bits per heavy atom. The molecule has 1 saturated heterocycles. The van der Waals surface area contributed by atoms with Gasteiger partial charge in [-0.2, -0.15) is 13.9 Å². The number of rotatable bonds is 5. The van der Waals surface area contributed by atoms with Crippen LogP contribution in [0.3, 0.4) is 0 Å². The highest BCUT2D eigenvalue weighted by Gasteiger charge is 2.40. The van der Waals surface area contributed by atoms with E-state index in [-0.39, 0.29) is 24.1 Å². The summed E-state index contributed by atoms with van der Waals surface area (Å²) in [6, 6.07) is 3.54. The Bertz CT molecular complexity index is 812. The second-order valence-corrected chi connectivity index (χ2v) is 6.14. The molecule has 0 saturated carbocycles. The number of anilines is 1. The topological polar surface area (TPSA) is 71.3 Å². The van der Waals surface area contributed by atoms with Gasteiger partial charge in [-0.25, -0.2) is 4.68 Å². The van der Waals surface area contributed by atoms with Crippen LogP contribution in [0.25, 0.3) is 5.69 Å². The maximum absolute atomic E-state index is 12.7. The van der Waals surface area contributed by atoms with Crippen LogP contribution in [0, 0.1) is 5.92 Å². The molecule has 0 atom stereocenters. The molecule has 1 fully saturated rings. The minimum absolute atomic E-state index is 0.0210. The van der Waals surface area contributed by atoms with Gasteiger partial charge < -0.3 is 9.80 Å². The Morgan fingerprint density at radius 2 is 2.04 bits per heavy atom. The summed E-state index contributed by atoms with van der Waals surface area (Å²) in [6.45, 7) is 2.06. The van der Waals surface area contributed by atoms with E-state index >= 15 is 0 Å². The lowest BCUT2D eigenvalue weighted by Crippen LogP contribution is -2.57. The quantitative estimate of drug-likeness (QED) is 0.749. The minimum Gasteiger partial charge on any atom is -0.336 e. The molecule has 2 aromatic rings. The van der Waals surface area contributed by atoms with Crippen molar-refractivity contribution in [2.45, 2.75) is 13.3 Å². The molecule has 7 nitrogen and oxygen atoms in total.